The highest BCUT2D eigenvalue weighted by atomic mass is 16.6. The number of hydrogen-bond donors (Lipinski definition) is 1. The van der Waals surface area contributed by atoms with E-state index in [0.717, 1.165) is 5.56 Å². The molecule has 1 aliphatic rings. The summed E-state index contributed by atoms with van der Waals surface area (Å²) < 4.78 is 10.9. The highest BCUT2D eigenvalue weighted by molar-refractivity contribution is 6.03. The van der Waals surface area contributed by atoms with E-state index in [1.54, 1.807) is 16.7 Å². The number of aromatic amines is 1. The predicted molar refractivity (Wildman–Crippen MR) is 113 cm³/mol. The fraction of sp³-hybridized carbons (Fsp3) is 0.455. The molecule has 2 heterocycles. The molecule has 9 nitrogen and oxygen atoms in total. The van der Waals surface area contributed by atoms with E-state index in [4.69, 9.17) is 9.47 Å². The molecule has 31 heavy (non-hydrogen) atoms. The lowest BCUT2D eigenvalue weighted by Crippen LogP contribution is -2.51. The van der Waals surface area contributed by atoms with E-state index in [1.807, 2.05) is 51.1 Å². The van der Waals surface area contributed by atoms with Crippen molar-refractivity contribution in [3.05, 3.63) is 53.6 Å². The molecule has 9 heteroatoms. The minimum Gasteiger partial charge on any atom is -0.453 e. The molecule has 166 valence electrons. The van der Waals surface area contributed by atoms with Gasteiger partial charge in [-0.2, -0.15) is 0 Å². The second kappa shape index (κ2) is 9.20. The molecule has 0 saturated carbocycles. The number of ether oxygens (including phenoxy) is 2. The summed E-state index contributed by atoms with van der Waals surface area (Å²) in [5.41, 5.74) is 0.297. The van der Waals surface area contributed by atoms with Gasteiger partial charge in [0.1, 0.15) is 11.7 Å². The van der Waals surface area contributed by atoms with Crippen molar-refractivity contribution in [2.75, 3.05) is 26.2 Å². The molecule has 1 aromatic heterocycles. The third-order valence-electron chi connectivity index (χ3n) is 4.82. The molecule has 1 N–H and O–H groups in total. The smallest absolute Gasteiger partial charge is 0.410 e. The quantitative estimate of drug-likeness (QED) is 0.751. The summed E-state index contributed by atoms with van der Waals surface area (Å²) in [6, 6.07) is 9.33. The van der Waals surface area contributed by atoms with Crippen molar-refractivity contribution in [2.24, 2.45) is 0 Å². The number of amides is 2. The van der Waals surface area contributed by atoms with Gasteiger partial charge >= 0.3 is 12.1 Å². The van der Waals surface area contributed by atoms with Crippen molar-refractivity contribution >= 4 is 18.0 Å². The van der Waals surface area contributed by atoms with Crippen molar-refractivity contribution in [1.29, 1.82) is 0 Å². The highest BCUT2D eigenvalue weighted by Gasteiger charge is 2.31. The number of H-pyrrole nitrogens is 1. The number of nitrogens with zero attached hydrogens (tertiary/aromatic N) is 3. The maximum atomic E-state index is 12.9. The molecule has 1 saturated heterocycles. The molecular formula is C22H28N4O5. The maximum absolute atomic E-state index is 12.9. The summed E-state index contributed by atoms with van der Waals surface area (Å²) in [5, 5.41) is 0. The van der Waals surface area contributed by atoms with Gasteiger partial charge in [-0.25, -0.2) is 14.6 Å². The summed E-state index contributed by atoms with van der Waals surface area (Å²) in [6.45, 7) is 8.51. The Hall–Kier alpha value is -3.36. The van der Waals surface area contributed by atoms with Gasteiger partial charge in [0.15, 0.2) is 11.4 Å². The summed E-state index contributed by atoms with van der Waals surface area (Å²) in [5.74, 6) is -1.03. The van der Waals surface area contributed by atoms with Crippen LogP contribution < -0.4 is 0 Å². The molecule has 0 spiro atoms. The highest BCUT2D eigenvalue weighted by Crippen LogP contribution is 2.20. The Morgan fingerprint density at radius 2 is 1.65 bits per heavy atom. The van der Waals surface area contributed by atoms with Crippen LogP contribution in [0.1, 0.15) is 60.3 Å². The SMILES string of the molecule is C[C@H](OC(=O)c1[nH]cnc1C(=O)N1CCN(C(=O)OC(C)(C)C)CC1)c1ccccc1. The third kappa shape index (κ3) is 5.62. The Morgan fingerprint density at radius 3 is 2.26 bits per heavy atom. The summed E-state index contributed by atoms with van der Waals surface area (Å²) in [7, 11) is 0. The summed E-state index contributed by atoms with van der Waals surface area (Å²) in [6.07, 6.45) is 0.421. The van der Waals surface area contributed by atoms with Gasteiger partial charge in [0.2, 0.25) is 0 Å². The maximum Gasteiger partial charge on any atom is 0.410 e. The Labute approximate surface area is 181 Å². The molecule has 0 aliphatic carbocycles. The van der Waals surface area contributed by atoms with Crippen LogP contribution in [0.4, 0.5) is 4.79 Å². The molecule has 1 aliphatic heterocycles. The van der Waals surface area contributed by atoms with Gasteiger partial charge in [-0.05, 0) is 33.3 Å². The number of aromatic nitrogens is 2. The van der Waals surface area contributed by atoms with E-state index in [2.05, 4.69) is 9.97 Å². The Balaban J connectivity index is 1.61. The first kappa shape index (κ1) is 22.3. The van der Waals surface area contributed by atoms with E-state index < -0.39 is 23.8 Å². The monoisotopic (exact) mass is 428 g/mol. The molecule has 0 radical (unpaired) electrons. The summed E-state index contributed by atoms with van der Waals surface area (Å²) >= 11 is 0. The van der Waals surface area contributed by atoms with Crippen molar-refractivity contribution in [3.8, 4) is 0 Å². The number of nitrogens with one attached hydrogen (secondary N) is 1. The molecule has 2 aromatic rings. The zero-order valence-corrected chi connectivity index (χ0v) is 18.3. The van der Waals surface area contributed by atoms with Gasteiger partial charge < -0.3 is 24.3 Å². The Kier molecular flexibility index (Phi) is 6.62. The number of rotatable bonds is 4. The van der Waals surface area contributed by atoms with Crippen molar-refractivity contribution in [2.45, 2.75) is 39.4 Å². The van der Waals surface area contributed by atoms with Gasteiger partial charge in [-0.1, -0.05) is 30.3 Å². The zero-order chi connectivity index (χ0) is 22.6. The molecular weight excluding hydrogens is 400 g/mol. The van der Waals surface area contributed by atoms with Crippen LogP contribution in [0.5, 0.6) is 0 Å². The van der Waals surface area contributed by atoms with Crippen LogP contribution >= 0.6 is 0 Å². The minimum absolute atomic E-state index is 0.0102. The van der Waals surface area contributed by atoms with Crippen LogP contribution in [0.2, 0.25) is 0 Å². The van der Waals surface area contributed by atoms with Crippen LogP contribution in [0, 0.1) is 0 Å². The van der Waals surface area contributed by atoms with Crippen LogP contribution in [0.25, 0.3) is 0 Å². The molecule has 2 amide bonds. The molecule has 0 unspecified atom stereocenters. The predicted octanol–water partition coefficient (Wildman–Crippen LogP) is 3.02. The first-order valence-electron chi connectivity index (χ1n) is 10.2. The van der Waals surface area contributed by atoms with Gasteiger partial charge in [0.05, 0.1) is 6.33 Å². The minimum atomic E-state index is -0.649. The number of carbonyl (C=O) groups is 3. The largest absolute Gasteiger partial charge is 0.453 e. The zero-order valence-electron chi connectivity index (χ0n) is 18.3. The number of esters is 1. The molecule has 0 bridgehead atoms. The number of piperazine rings is 1. The van der Waals surface area contributed by atoms with Gasteiger partial charge in [-0.15, -0.1) is 0 Å². The van der Waals surface area contributed by atoms with E-state index in [-0.39, 0.29) is 17.3 Å². The van der Waals surface area contributed by atoms with Crippen LogP contribution in [0.3, 0.4) is 0 Å². The number of imidazole rings is 1. The fourth-order valence-electron chi connectivity index (χ4n) is 3.19. The van der Waals surface area contributed by atoms with Crippen LogP contribution in [-0.2, 0) is 9.47 Å². The normalized spacial score (nSPS) is 15.4. The van der Waals surface area contributed by atoms with Crippen molar-refractivity contribution in [3.63, 3.8) is 0 Å². The van der Waals surface area contributed by atoms with Crippen LogP contribution in [0.15, 0.2) is 36.7 Å². The Morgan fingerprint density at radius 1 is 1.03 bits per heavy atom. The van der Waals surface area contributed by atoms with E-state index in [1.165, 1.54) is 6.33 Å². The van der Waals surface area contributed by atoms with E-state index >= 15 is 0 Å². The lowest BCUT2D eigenvalue weighted by molar-refractivity contribution is 0.0140. The van der Waals surface area contributed by atoms with E-state index in [0.29, 0.717) is 26.2 Å². The van der Waals surface area contributed by atoms with Crippen LogP contribution in [-0.4, -0.2) is 69.5 Å². The second-order valence-corrected chi connectivity index (χ2v) is 8.34. The number of benzene rings is 1. The molecule has 1 fully saturated rings. The van der Waals surface area contributed by atoms with Gasteiger partial charge in [-0.3, -0.25) is 4.79 Å². The topological polar surface area (TPSA) is 105 Å². The molecule has 1 aromatic carbocycles. The average Bonchev–Trinajstić information content (AvgIpc) is 3.23. The molecule has 1 atom stereocenters. The van der Waals surface area contributed by atoms with Crippen molar-refractivity contribution in [1.82, 2.24) is 19.8 Å². The second-order valence-electron chi connectivity index (χ2n) is 8.34. The molecule has 3 rings (SSSR count). The van der Waals surface area contributed by atoms with Crippen molar-refractivity contribution < 1.29 is 23.9 Å². The number of hydrogen-bond acceptors (Lipinski definition) is 6. The van der Waals surface area contributed by atoms with Gasteiger partial charge in [0.25, 0.3) is 5.91 Å². The van der Waals surface area contributed by atoms with E-state index in [9.17, 15) is 14.4 Å². The average molecular weight is 428 g/mol. The van der Waals surface area contributed by atoms with Gasteiger partial charge in [0, 0.05) is 26.2 Å². The Bertz CT molecular complexity index is 927. The third-order valence-corrected chi connectivity index (χ3v) is 4.82. The first-order valence-corrected chi connectivity index (χ1v) is 10.2. The standard InChI is InChI=1S/C22H28N4O5/c1-15(16-8-6-5-7-9-16)30-20(28)18-17(23-14-24-18)19(27)25-10-12-26(13-11-25)21(29)31-22(2,3)4/h5-9,14-15H,10-13H2,1-4H3,(H,23,24)/t15-/m0/s1. The first-order chi connectivity index (χ1) is 14.7. The lowest BCUT2D eigenvalue weighted by atomic mass is 10.1. The fourth-order valence-corrected chi connectivity index (χ4v) is 3.19. The summed E-state index contributed by atoms with van der Waals surface area (Å²) in [4.78, 5) is 47.7. The lowest BCUT2D eigenvalue weighted by Gasteiger charge is -2.35. The number of carbonyl (C=O) groups excluding carboxylic acids is 3.